The van der Waals surface area contributed by atoms with Gasteiger partial charge in [-0.15, -0.1) is 0 Å². The molecule has 25 heavy (non-hydrogen) atoms. The van der Waals surface area contributed by atoms with E-state index in [0.29, 0.717) is 5.56 Å². The molecule has 0 unspecified atom stereocenters. The van der Waals surface area contributed by atoms with Gasteiger partial charge < -0.3 is 15.2 Å². The molecule has 2 heterocycles. The van der Waals surface area contributed by atoms with Crippen molar-refractivity contribution in [1.29, 1.82) is 0 Å². The van der Waals surface area contributed by atoms with Gasteiger partial charge in [0.25, 0.3) is 5.56 Å². The van der Waals surface area contributed by atoms with Gasteiger partial charge >= 0.3 is 6.03 Å². The molecule has 2 aromatic rings. The highest BCUT2D eigenvalue weighted by atomic mass is 16.2. The van der Waals surface area contributed by atoms with Crippen molar-refractivity contribution in [1.82, 2.24) is 15.2 Å². The van der Waals surface area contributed by atoms with Crippen molar-refractivity contribution in [3.63, 3.8) is 0 Å². The van der Waals surface area contributed by atoms with E-state index in [9.17, 15) is 9.59 Å². The number of nitrogens with one attached hydrogen (secondary N) is 2. The summed E-state index contributed by atoms with van der Waals surface area (Å²) in [6, 6.07) is 12.3. The monoisotopic (exact) mass is 339 g/mol. The molecule has 132 valence electrons. The van der Waals surface area contributed by atoms with Crippen molar-refractivity contribution in [3.8, 4) is 0 Å². The Kier molecular flexibility index (Phi) is 5.22. The van der Waals surface area contributed by atoms with E-state index in [1.54, 1.807) is 0 Å². The zero-order chi connectivity index (χ0) is 17.8. The molecule has 5 nitrogen and oxygen atoms in total. The maximum atomic E-state index is 12.6. The first-order chi connectivity index (χ1) is 12.0. The number of aromatic amines is 1. The summed E-state index contributed by atoms with van der Waals surface area (Å²) in [7, 11) is 0. The van der Waals surface area contributed by atoms with Crippen LogP contribution in [0.15, 0.2) is 41.2 Å². The molecule has 0 aliphatic carbocycles. The number of rotatable bonds is 4. The van der Waals surface area contributed by atoms with Gasteiger partial charge in [-0.2, -0.15) is 0 Å². The summed E-state index contributed by atoms with van der Waals surface area (Å²) in [6.45, 7) is 4.79. The largest absolute Gasteiger partial charge is 0.334 e. The maximum absolute atomic E-state index is 12.6. The van der Waals surface area contributed by atoms with E-state index in [0.717, 1.165) is 37.1 Å². The Hall–Kier alpha value is -2.56. The number of pyridine rings is 1. The van der Waals surface area contributed by atoms with Crippen LogP contribution in [0.2, 0.25) is 0 Å². The summed E-state index contributed by atoms with van der Waals surface area (Å²) in [5.74, 6) is 0. The van der Waals surface area contributed by atoms with Crippen LogP contribution < -0.4 is 10.9 Å². The van der Waals surface area contributed by atoms with Crippen molar-refractivity contribution < 1.29 is 4.79 Å². The molecule has 1 atom stereocenters. The first-order valence-electron chi connectivity index (χ1n) is 8.82. The van der Waals surface area contributed by atoms with Gasteiger partial charge in [-0.25, -0.2) is 4.79 Å². The minimum absolute atomic E-state index is 0.0854. The quantitative estimate of drug-likeness (QED) is 0.899. The Morgan fingerprint density at radius 3 is 2.76 bits per heavy atom. The summed E-state index contributed by atoms with van der Waals surface area (Å²) in [5, 5.41) is 2.92. The number of aryl methyl sites for hydroxylation is 2. The molecular formula is C20H25N3O2. The van der Waals surface area contributed by atoms with Gasteiger partial charge in [0.05, 0.1) is 6.54 Å². The van der Waals surface area contributed by atoms with E-state index in [1.165, 1.54) is 5.56 Å². The van der Waals surface area contributed by atoms with Crippen molar-refractivity contribution in [2.24, 2.45) is 0 Å². The van der Waals surface area contributed by atoms with Gasteiger partial charge in [0.1, 0.15) is 0 Å². The Bertz CT molecular complexity index is 798. The molecule has 1 aliphatic rings. The standard InChI is InChI=1S/C20H25N3O2/c1-14-11-15(2)22-19(24)18(14)13-21-20(25)23-10-6-9-17(23)12-16-7-4-3-5-8-16/h3-5,7-8,11,17H,6,9-10,12-13H2,1-2H3,(H,21,25)(H,22,24)/t17-/m0/s1. The van der Waals surface area contributed by atoms with Crippen LogP contribution in [0.3, 0.4) is 0 Å². The van der Waals surface area contributed by atoms with E-state index >= 15 is 0 Å². The molecule has 1 aromatic carbocycles. The van der Waals surface area contributed by atoms with E-state index in [4.69, 9.17) is 0 Å². The van der Waals surface area contributed by atoms with E-state index in [-0.39, 0.29) is 24.2 Å². The van der Waals surface area contributed by atoms with Crippen molar-refractivity contribution in [3.05, 3.63) is 69.1 Å². The Balaban J connectivity index is 1.63. The van der Waals surface area contributed by atoms with E-state index in [1.807, 2.05) is 43.0 Å². The third-order valence-electron chi connectivity index (χ3n) is 4.86. The number of benzene rings is 1. The van der Waals surface area contributed by atoms with Crippen LogP contribution in [0, 0.1) is 13.8 Å². The SMILES string of the molecule is Cc1cc(C)c(CNC(=O)N2CCC[C@H]2Cc2ccccc2)c(=O)[nH]1. The number of H-pyrrole nitrogens is 1. The summed E-state index contributed by atoms with van der Waals surface area (Å²) in [4.78, 5) is 29.4. The number of amides is 2. The summed E-state index contributed by atoms with van der Waals surface area (Å²) in [5.41, 5.74) is 3.49. The summed E-state index contributed by atoms with van der Waals surface area (Å²) < 4.78 is 0. The molecule has 0 saturated carbocycles. The van der Waals surface area contributed by atoms with Crippen LogP contribution in [0.25, 0.3) is 0 Å². The third kappa shape index (κ3) is 4.10. The lowest BCUT2D eigenvalue weighted by Gasteiger charge is -2.25. The molecule has 1 aromatic heterocycles. The number of nitrogens with zero attached hydrogens (tertiary/aromatic N) is 1. The highest BCUT2D eigenvalue weighted by Crippen LogP contribution is 2.21. The van der Waals surface area contributed by atoms with Crippen molar-refractivity contribution in [2.75, 3.05) is 6.54 Å². The lowest BCUT2D eigenvalue weighted by Crippen LogP contribution is -2.44. The molecule has 1 aliphatic heterocycles. The average Bonchev–Trinajstić information content (AvgIpc) is 3.03. The Morgan fingerprint density at radius 2 is 2.04 bits per heavy atom. The fourth-order valence-corrected chi connectivity index (χ4v) is 3.57. The highest BCUT2D eigenvalue weighted by Gasteiger charge is 2.28. The van der Waals surface area contributed by atoms with Gasteiger partial charge in [0.2, 0.25) is 0 Å². The van der Waals surface area contributed by atoms with E-state index in [2.05, 4.69) is 22.4 Å². The molecule has 1 fully saturated rings. The molecule has 3 rings (SSSR count). The predicted octanol–water partition coefficient (Wildman–Crippen LogP) is 2.91. The van der Waals surface area contributed by atoms with Gasteiger partial charge in [0.15, 0.2) is 0 Å². The number of urea groups is 1. The lowest BCUT2D eigenvalue weighted by atomic mass is 10.0. The molecule has 0 radical (unpaired) electrons. The third-order valence-corrected chi connectivity index (χ3v) is 4.86. The number of likely N-dealkylation sites (tertiary alicyclic amines) is 1. The zero-order valence-electron chi connectivity index (χ0n) is 14.8. The number of aromatic nitrogens is 1. The van der Waals surface area contributed by atoms with Crippen molar-refractivity contribution >= 4 is 6.03 Å². The maximum Gasteiger partial charge on any atom is 0.317 e. The molecular weight excluding hydrogens is 314 g/mol. The molecule has 2 amide bonds. The molecule has 1 saturated heterocycles. The minimum Gasteiger partial charge on any atom is -0.334 e. The van der Waals surface area contributed by atoms with E-state index < -0.39 is 0 Å². The summed E-state index contributed by atoms with van der Waals surface area (Å²) >= 11 is 0. The average molecular weight is 339 g/mol. The fraction of sp³-hybridized carbons (Fsp3) is 0.400. The lowest BCUT2D eigenvalue weighted by molar-refractivity contribution is 0.192. The number of carbonyl (C=O) groups is 1. The first-order valence-corrected chi connectivity index (χ1v) is 8.82. The second kappa shape index (κ2) is 7.55. The van der Waals surface area contributed by atoms with Crippen LogP contribution >= 0.6 is 0 Å². The molecule has 5 heteroatoms. The first kappa shape index (κ1) is 17.3. The number of hydrogen-bond acceptors (Lipinski definition) is 2. The minimum atomic E-state index is -0.125. The number of carbonyl (C=O) groups excluding carboxylic acids is 1. The van der Waals surface area contributed by atoms with Crippen molar-refractivity contribution in [2.45, 2.75) is 45.7 Å². The second-order valence-corrected chi connectivity index (χ2v) is 6.78. The number of hydrogen-bond donors (Lipinski definition) is 2. The van der Waals surface area contributed by atoms with Crippen LogP contribution in [0.4, 0.5) is 4.79 Å². The fourth-order valence-electron chi connectivity index (χ4n) is 3.57. The second-order valence-electron chi connectivity index (χ2n) is 6.78. The van der Waals surface area contributed by atoms with Gasteiger partial charge in [0, 0.05) is 23.8 Å². The van der Waals surface area contributed by atoms with Crippen LogP contribution in [-0.2, 0) is 13.0 Å². The summed E-state index contributed by atoms with van der Waals surface area (Å²) in [6.07, 6.45) is 2.92. The molecule has 0 bridgehead atoms. The van der Waals surface area contributed by atoms with Crippen LogP contribution in [0.1, 0.15) is 35.2 Å². The van der Waals surface area contributed by atoms with Gasteiger partial charge in [-0.3, -0.25) is 4.79 Å². The molecule has 0 spiro atoms. The van der Waals surface area contributed by atoms with Crippen LogP contribution in [-0.4, -0.2) is 28.5 Å². The van der Waals surface area contributed by atoms with Gasteiger partial charge in [-0.05, 0) is 50.3 Å². The molecule has 2 N–H and O–H groups in total. The Morgan fingerprint density at radius 1 is 1.28 bits per heavy atom. The normalized spacial score (nSPS) is 16.9. The Labute approximate surface area is 148 Å². The van der Waals surface area contributed by atoms with Crippen LogP contribution in [0.5, 0.6) is 0 Å². The topological polar surface area (TPSA) is 65.2 Å². The zero-order valence-corrected chi connectivity index (χ0v) is 14.8. The highest BCUT2D eigenvalue weighted by molar-refractivity contribution is 5.75. The van der Waals surface area contributed by atoms with Gasteiger partial charge in [-0.1, -0.05) is 30.3 Å². The smallest absolute Gasteiger partial charge is 0.317 e. The predicted molar refractivity (Wildman–Crippen MR) is 98.6 cm³/mol.